The highest BCUT2D eigenvalue weighted by Crippen LogP contribution is 2.20. The van der Waals surface area contributed by atoms with Gasteiger partial charge >= 0.3 is 12.1 Å². The number of amides is 1. The van der Waals surface area contributed by atoms with Gasteiger partial charge in [-0.1, -0.05) is 0 Å². The van der Waals surface area contributed by atoms with Crippen LogP contribution in [0.2, 0.25) is 0 Å². The Morgan fingerprint density at radius 2 is 1.96 bits per heavy atom. The van der Waals surface area contributed by atoms with Gasteiger partial charge in [0.1, 0.15) is 11.6 Å². The summed E-state index contributed by atoms with van der Waals surface area (Å²) in [5.74, 6) is -4.73. The maximum atomic E-state index is 13.9. The molecular formula is C16H17F2NO6. The van der Waals surface area contributed by atoms with Crippen molar-refractivity contribution in [2.75, 3.05) is 26.8 Å². The molecule has 136 valence electrons. The summed E-state index contributed by atoms with van der Waals surface area (Å²) in [4.78, 5) is 35.7. The molecular weight excluding hydrogens is 340 g/mol. The van der Waals surface area contributed by atoms with Crippen LogP contribution in [0.5, 0.6) is 0 Å². The van der Waals surface area contributed by atoms with Crippen LogP contribution >= 0.6 is 0 Å². The van der Waals surface area contributed by atoms with E-state index in [1.165, 1.54) is 12.0 Å². The van der Waals surface area contributed by atoms with Crippen molar-refractivity contribution in [2.24, 2.45) is 0 Å². The fourth-order valence-corrected chi connectivity index (χ4v) is 2.57. The second-order valence-corrected chi connectivity index (χ2v) is 5.49. The zero-order valence-corrected chi connectivity index (χ0v) is 13.5. The molecule has 1 amide bonds. The number of Topliss-reactive ketones (excluding diaryl/α,β-unsaturated/α-hetero) is 1. The number of carboxylic acids is 1. The highest BCUT2D eigenvalue weighted by molar-refractivity contribution is 5.98. The van der Waals surface area contributed by atoms with Crippen molar-refractivity contribution in [2.45, 2.75) is 18.9 Å². The van der Waals surface area contributed by atoms with E-state index < -0.39 is 46.7 Å². The van der Waals surface area contributed by atoms with E-state index in [2.05, 4.69) is 4.74 Å². The molecule has 1 heterocycles. The molecule has 0 bridgehead atoms. The third-order valence-electron chi connectivity index (χ3n) is 3.83. The van der Waals surface area contributed by atoms with Gasteiger partial charge in [-0.3, -0.25) is 4.79 Å². The molecule has 1 aromatic rings. The highest BCUT2D eigenvalue weighted by atomic mass is 19.1. The lowest BCUT2D eigenvalue weighted by Crippen LogP contribution is -2.45. The molecule has 0 spiro atoms. The molecule has 0 saturated carbocycles. The zero-order valence-electron chi connectivity index (χ0n) is 13.5. The minimum atomic E-state index is -1.49. The van der Waals surface area contributed by atoms with E-state index in [1.54, 1.807) is 0 Å². The molecule has 25 heavy (non-hydrogen) atoms. The Bertz CT molecular complexity index is 670. The molecule has 0 unspecified atom stereocenters. The highest BCUT2D eigenvalue weighted by Gasteiger charge is 2.26. The van der Waals surface area contributed by atoms with Crippen molar-refractivity contribution >= 4 is 17.8 Å². The minimum absolute atomic E-state index is 0.159. The Labute approximate surface area is 142 Å². The number of methoxy groups -OCH3 is 1. The standard InChI is InChI=1S/C16H17F2NO6/c1-24-16(23)19-4-5-25-10(8-19)2-3-13(20)14-11(17)6-9(15(21)22)7-12(14)18/h6-7,10H,2-5,8H2,1H3,(H,21,22)/t10-/m0/s1. The first-order valence-corrected chi connectivity index (χ1v) is 7.53. The van der Waals surface area contributed by atoms with Crippen LogP contribution in [0.1, 0.15) is 33.6 Å². The second kappa shape index (κ2) is 8.02. The van der Waals surface area contributed by atoms with Crippen molar-refractivity contribution in [3.8, 4) is 0 Å². The van der Waals surface area contributed by atoms with Crippen LogP contribution in [0.4, 0.5) is 13.6 Å². The van der Waals surface area contributed by atoms with Crippen molar-refractivity contribution in [1.82, 2.24) is 4.90 Å². The van der Waals surface area contributed by atoms with Crippen molar-refractivity contribution in [1.29, 1.82) is 0 Å². The maximum absolute atomic E-state index is 13.9. The lowest BCUT2D eigenvalue weighted by Gasteiger charge is -2.31. The number of hydrogen-bond acceptors (Lipinski definition) is 5. The lowest BCUT2D eigenvalue weighted by atomic mass is 10.0. The number of halogens is 2. The largest absolute Gasteiger partial charge is 0.478 e. The molecule has 1 saturated heterocycles. The monoisotopic (exact) mass is 357 g/mol. The van der Waals surface area contributed by atoms with Crippen LogP contribution < -0.4 is 0 Å². The van der Waals surface area contributed by atoms with Gasteiger partial charge in [-0.2, -0.15) is 0 Å². The van der Waals surface area contributed by atoms with Gasteiger partial charge in [-0.15, -0.1) is 0 Å². The average Bonchev–Trinajstić information content (AvgIpc) is 2.58. The predicted octanol–water partition coefficient (Wildman–Crippen LogP) is 2.09. The van der Waals surface area contributed by atoms with Crippen LogP contribution in [0, 0.1) is 11.6 Å². The van der Waals surface area contributed by atoms with Crippen LogP contribution in [0.3, 0.4) is 0 Å². The maximum Gasteiger partial charge on any atom is 0.409 e. The van der Waals surface area contributed by atoms with Crippen LogP contribution in [-0.2, 0) is 9.47 Å². The van der Waals surface area contributed by atoms with E-state index in [0.717, 1.165) is 0 Å². The number of aromatic carboxylic acids is 1. The molecule has 0 aromatic heterocycles. The Kier molecular flexibility index (Phi) is 6.02. The van der Waals surface area contributed by atoms with Crippen molar-refractivity contribution in [3.63, 3.8) is 0 Å². The van der Waals surface area contributed by atoms with Gasteiger partial charge in [0.05, 0.1) is 37.5 Å². The van der Waals surface area contributed by atoms with Crippen LogP contribution in [-0.4, -0.2) is 60.8 Å². The van der Waals surface area contributed by atoms with E-state index >= 15 is 0 Å². The fraction of sp³-hybridized carbons (Fsp3) is 0.438. The van der Waals surface area contributed by atoms with Crippen LogP contribution in [0.15, 0.2) is 12.1 Å². The Morgan fingerprint density at radius 3 is 2.52 bits per heavy atom. The molecule has 1 fully saturated rings. The number of benzene rings is 1. The average molecular weight is 357 g/mol. The van der Waals surface area contributed by atoms with E-state index in [0.29, 0.717) is 18.7 Å². The smallest absolute Gasteiger partial charge is 0.409 e. The zero-order chi connectivity index (χ0) is 18.6. The lowest BCUT2D eigenvalue weighted by molar-refractivity contribution is -0.0278. The number of ether oxygens (including phenoxy) is 2. The Hall–Kier alpha value is -2.55. The normalized spacial score (nSPS) is 17.2. The van der Waals surface area contributed by atoms with Gasteiger partial charge in [-0.05, 0) is 18.6 Å². The SMILES string of the molecule is COC(=O)N1CCO[C@@H](CCC(=O)c2c(F)cc(C(=O)O)cc2F)C1. The summed E-state index contributed by atoms with van der Waals surface area (Å²) in [7, 11) is 1.25. The molecule has 1 aromatic carbocycles. The molecule has 7 nitrogen and oxygen atoms in total. The molecule has 2 rings (SSSR count). The first kappa shape index (κ1) is 18.8. The summed E-state index contributed by atoms with van der Waals surface area (Å²) < 4.78 is 37.8. The van der Waals surface area contributed by atoms with E-state index in [-0.39, 0.29) is 26.0 Å². The van der Waals surface area contributed by atoms with Gasteiger partial charge < -0.3 is 19.5 Å². The summed E-state index contributed by atoms with van der Waals surface area (Å²) in [6.07, 6.45) is -1.02. The van der Waals surface area contributed by atoms with Crippen LogP contribution in [0.25, 0.3) is 0 Å². The Balaban J connectivity index is 2.01. The van der Waals surface area contributed by atoms with Gasteiger partial charge in [0.25, 0.3) is 0 Å². The summed E-state index contributed by atoms with van der Waals surface area (Å²) in [5, 5.41) is 8.75. The molecule has 1 aliphatic heterocycles. The number of carbonyl (C=O) groups excluding carboxylic acids is 2. The predicted molar refractivity (Wildman–Crippen MR) is 80.6 cm³/mol. The van der Waals surface area contributed by atoms with Gasteiger partial charge in [0.15, 0.2) is 5.78 Å². The summed E-state index contributed by atoms with van der Waals surface area (Å²) >= 11 is 0. The summed E-state index contributed by atoms with van der Waals surface area (Å²) in [5.41, 5.74) is -1.35. The number of carbonyl (C=O) groups is 3. The molecule has 9 heteroatoms. The third kappa shape index (κ3) is 4.50. The number of hydrogen-bond donors (Lipinski definition) is 1. The molecule has 1 aliphatic rings. The number of morpholine rings is 1. The molecule has 1 atom stereocenters. The van der Waals surface area contributed by atoms with Crippen molar-refractivity contribution < 1.29 is 37.7 Å². The number of nitrogens with zero attached hydrogens (tertiary/aromatic N) is 1. The topological polar surface area (TPSA) is 93.1 Å². The molecule has 1 N–H and O–H groups in total. The van der Waals surface area contributed by atoms with E-state index in [1.807, 2.05) is 0 Å². The fourth-order valence-electron chi connectivity index (χ4n) is 2.57. The molecule has 0 radical (unpaired) electrons. The summed E-state index contributed by atoms with van der Waals surface area (Å²) in [6.45, 7) is 0.837. The number of carboxylic acid groups (broad SMARTS) is 1. The quantitative estimate of drug-likeness (QED) is 0.811. The number of rotatable bonds is 5. The van der Waals surface area contributed by atoms with E-state index in [9.17, 15) is 23.2 Å². The van der Waals surface area contributed by atoms with Crippen molar-refractivity contribution in [3.05, 3.63) is 34.9 Å². The van der Waals surface area contributed by atoms with E-state index in [4.69, 9.17) is 9.84 Å². The minimum Gasteiger partial charge on any atom is -0.478 e. The Morgan fingerprint density at radius 1 is 1.32 bits per heavy atom. The first-order valence-electron chi connectivity index (χ1n) is 7.53. The van der Waals surface area contributed by atoms with Gasteiger partial charge in [0.2, 0.25) is 0 Å². The second-order valence-electron chi connectivity index (χ2n) is 5.49. The van der Waals surface area contributed by atoms with Gasteiger partial charge in [0, 0.05) is 13.0 Å². The number of ketones is 1. The third-order valence-corrected chi connectivity index (χ3v) is 3.83. The molecule has 0 aliphatic carbocycles. The first-order chi connectivity index (χ1) is 11.8. The van der Waals surface area contributed by atoms with Gasteiger partial charge in [-0.25, -0.2) is 18.4 Å². The summed E-state index contributed by atoms with van der Waals surface area (Å²) in [6, 6.07) is 1.21.